The highest BCUT2D eigenvalue weighted by molar-refractivity contribution is 7.99. The Hall–Kier alpha value is -1.46. The Morgan fingerprint density at radius 2 is 1.71 bits per heavy atom. The van der Waals surface area contributed by atoms with Crippen LogP contribution in [-0.2, 0) is 22.9 Å². The highest BCUT2D eigenvalue weighted by Gasteiger charge is 2.17. The normalized spacial score (nSPS) is 14.0. The van der Waals surface area contributed by atoms with E-state index in [9.17, 15) is 8.42 Å². The Morgan fingerprint density at radius 1 is 1.05 bits per heavy atom. The van der Waals surface area contributed by atoms with Crippen LogP contribution in [0.4, 0.5) is 5.69 Å². The first kappa shape index (κ1) is 14.5. The molecule has 0 fully saturated rings. The van der Waals surface area contributed by atoms with Crippen LogP contribution in [0.5, 0.6) is 0 Å². The maximum absolute atomic E-state index is 11.6. The zero-order chi connectivity index (χ0) is 14.9. The van der Waals surface area contributed by atoms with Gasteiger partial charge in [0.25, 0.3) is 0 Å². The molecule has 110 valence electrons. The molecule has 0 aromatic heterocycles. The Kier molecular flexibility index (Phi) is 3.95. The van der Waals surface area contributed by atoms with E-state index < -0.39 is 10.0 Å². The molecule has 0 heterocycles. The fourth-order valence-corrected chi connectivity index (χ4v) is 4.18. The van der Waals surface area contributed by atoms with Crippen molar-refractivity contribution in [1.29, 1.82) is 0 Å². The maximum atomic E-state index is 11.6. The zero-order valence-electron chi connectivity index (χ0n) is 11.8. The van der Waals surface area contributed by atoms with E-state index >= 15 is 0 Å². The molecule has 0 amide bonds. The summed E-state index contributed by atoms with van der Waals surface area (Å²) in [6.07, 6.45) is 4.45. The van der Waals surface area contributed by atoms with E-state index in [1.165, 1.54) is 17.4 Å². The van der Waals surface area contributed by atoms with E-state index in [4.69, 9.17) is 0 Å². The lowest BCUT2D eigenvalue weighted by atomic mass is 10.1. The second-order valence-electron chi connectivity index (χ2n) is 5.26. The van der Waals surface area contributed by atoms with Crippen LogP contribution >= 0.6 is 11.8 Å². The van der Waals surface area contributed by atoms with Crippen molar-refractivity contribution in [2.45, 2.75) is 29.1 Å². The molecule has 1 aliphatic carbocycles. The molecule has 0 atom stereocenters. The summed E-state index contributed by atoms with van der Waals surface area (Å²) in [5.74, 6) is 0. The van der Waals surface area contributed by atoms with Crippen LogP contribution in [0.15, 0.2) is 52.3 Å². The molecule has 2 aromatic carbocycles. The van der Waals surface area contributed by atoms with E-state index in [2.05, 4.69) is 10.8 Å². The Balaban J connectivity index is 2.00. The van der Waals surface area contributed by atoms with Gasteiger partial charge in [0.15, 0.2) is 0 Å². The zero-order valence-corrected chi connectivity index (χ0v) is 13.4. The number of rotatable bonds is 4. The molecule has 0 unspecified atom stereocenters. The molecule has 1 N–H and O–H groups in total. The first-order valence-corrected chi connectivity index (χ1v) is 9.58. The van der Waals surface area contributed by atoms with Gasteiger partial charge in [0.1, 0.15) is 0 Å². The van der Waals surface area contributed by atoms with E-state index in [0.717, 1.165) is 29.1 Å². The molecule has 2 aromatic rings. The lowest BCUT2D eigenvalue weighted by molar-refractivity contribution is 0.606. The van der Waals surface area contributed by atoms with Crippen molar-refractivity contribution in [1.82, 2.24) is 0 Å². The third-order valence-electron chi connectivity index (χ3n) is 3.46. The number of fused-ring (bicyclic) bond motifs is 1. The Morgan fingerprint density at radius 3 is 2.38 bits per heavy atom. The van der Waals surface area contributed by atoms with Gasteiger partial charge < -0.3 is 0 Å². The average molecular weight is 319 g/mol. The lowest BCUT2D eigenvalue weighted by Gasteiger charge is -2.13. The number of nitrogens with one attached hydrogen (secondary N) is 1. The second-order valence-corrected chi connectivity index (χ2v) is 8.12. The highest BCUT2D eigenvalue weighted by Crippen LogP contribution is 2.38. The number of hydrogen-bond donors (Lipinski definition) is 1. The van der Waals surface area contributed by atoms with Crippen molar-refractivity contribution in [3.63, 3.8) is 0 Å². The van der Waals surface area contributed by atoms with Crippen LogP contribution in [0.3, 0.4) is 0 Å². The SMILES string of the molecule is CS(=O)(=O)Nc1cc2c(cc1Sc1ccccc1)CCC2. The molecule has 3 nitrogen and oxygen atoms in total. The predicted molar refractivity (Wildman–Crippen MR) is 87.5 cm³/mol. The molecule has 0 radical (unpaired) electrons. The van der Waals surface area contributed by atoms with Gasteiger partial charge in [-0.15, -0.1) is 0 Å². The summed E-state index contributed by atoms with van der Waals surface area (Å²) in [7, 11) is -3.27. The van der Waals surface area contributed by atoms with Crippen LogP contribution in [0.1, 0.15) is 17.5 Å². The summed E-state index contributed by atoms with van der Waals surface area (Å²) in [5, 5.41) is 0. The van der Waals surface area contributed by atoms with Gasteiger partial charge in [-0.05, 0) is 54.7 Å². The maximum Gasteiger partial charge on any atom is 0.229 e. The number of sulfonamides is 1. The van der Waals surface area contributed by atoms with Crippen LogP contribution < -0.4 is 4.72 Å². The van der Waals surface area contributed by atoms with Crippen LogP contribution in [0.25, 0.3) is 0 Å². The molecule has 5 heteroatoms. The minimum Gasteiger partial charge on any atom is -0.283 e. The van der Waals surface area contributed by atoms with Crippen molar-refractivity contribution in [2.24, 2.45) is 0 Å². The van der Waals surface area contributed by atoms with Gasteiger partial charge in [0, 0.05) is 9.79 Å². The second kappa shape index (κ2) is 5.73. The third kappa shape index (κ3) is 3.60. The Labute approximate surface area is 129 Å². The van der Waals surface area contributed by atoms with Crippen molar-refractivity contribution in [2.75, 3.05) is 11.0 Å². The monoisotopic (exact) mass is 319 g/mol. The van der Waals surface area contributed by atoms with Gasteiger partial charge in [-0.2, -0.15) is 0 Å². The quantitative estimate of drug-likeness (QED) is 0.934. The fraction of sp³-hybridized carbons (Fsp3) is 0.250. The van der Waals surface area contributed by atoms with Crippen molar-refractivity contribution >= 4 is 27.5 Å². The fourth-order valence-electron chi connectivity index (χ4n) is 2.58. The molecular formula is C16H17NO2S2. The summed E-state index contributed by atoms with van der Waals surface area (Å²) >= 11 is 1.59. The third-order valence-corrected chi connectivity index (χ3v) is 5.12. The first-order valence-electron chi connectivity index (χ1n) is 6.88. The van der Waals surface area contributed by atoms with Gasteiger partial charge in [-0.3, -0.25) is 4.72 Å². The highest BCUT2D eigenvalue weighted by atomic mass is 32.2. The summed E-state index contributed by atoms with van der Waals surface area (Å²) in [6, 6.07) is 14.1. The van der Waals surface area contributed by atoms with Gasteiger partial charge in [-0.25, -0.2) is 8.42 Å². The molecule has 0 aliphatic heterocycles. The molecule has 3 rings (SSSR count). The number of aryl methyl sites for hydroxylation is 2. The van der Waals surface area contributed by atoms with Gasteiger partial charge >= 0.3 is 0 Å². The first-order chi connectivity index (χ1) is 10.0. The topological polar surface area (TPSA) is 46.2 Å². The number of hydrogen-bond acceptors (Lipinski definition) is 3. The molecule has 0 saturated heterocycles. The summed E-state index contributed by atoms with van der Waals surface area (Å²) in [6.45, 7) is 0. The smallest absolute Gasteiger partial charge is 0.229 e. The van der Waals surface area contributed by atoms with Crippen molar-refractivity contribution in [3.05, 3.63) is 53.6 Å². The molecule has 0 saturated carbocycles. The minimum atomic E-state index is -3.27. The van der Waals surface area contributed by atoms with Crippen LogP contribution in [0, 0.1) is 0 Å². The van der Waals surface area contributed by atoms with Crippen LogP contribution in [0.2, 0.25) is 0 Å². The van der Waals surface area contributed by atoms with Gasteiger partial charge in [0.05, 0.1) is 11.9 Å². The van der Waals surface area contributed by atoms with E-state index in [-0.39, 0.29) is 0 Å². The number of anilines is 1. The van der Waals surface area contributed by atoms with Crippen LogP contribution in [-0.4, -0.2) is 14.7 Å². The lowest BCUT2D eigenvalue weighted by Crippen LogP contribution is -2.10. The molecule has 0 spiro atoms. The summed E-state index contributed by atoms with van der Waals surface area (Å²) in [4.78, 5) is 2.07. The number of benzene rings is 2. The standard InChI is InChI=1S/C16H17NO2S2/c1-21(18,19)17-15-10-12-6-5-7-13(12)11-16(15)20-14-8-3-2-4-9-14/h2-4,8-11,17H,5-7H2,1H3. The predicted octanol–water partition coefficient (Wildman–Crippen LogP) is 3.70. The Bertz CT molecular complexity index is 755. The summed E-state index contributed by atoms with van der Waals surface area (Å²) in [5.41, 5.74) is 3.29. The van der Waals surface area contributed by atoms with E-state index in [1.54, 1.807) is 11.8 Å². The molecule has 21 heavy (non-hydrogen) atoms. The molecule has 0 bridgehead atoms. The summed E-state index contributed by atoms with van der Waals surface area (Å²) < 4.78 is 25.8. The van der Waals surface area contributed by atoms with Crippen molar-refractivity contribution < 1.29 is 8.42 Å². The van der Waals surface area contributed by atoms with Gasteiger partial charge in [0.2, 0.25) is 10.0 Å². The molecule has 1 aliphatic rings. The minimum absolute atomic E-state index is 0.687. The van der Waals surface area contributed by atoms with E-state index in [0.29, 0.717) is 5.69 Å². The van der Waals surface area contributed by atoms with Gasteiger partial charge in [-0.1, -0.05) is 30.0 Å². The average Bonchev–Trinajstić information content (AvgIpc) is 2.85. The largest absolute Gasteiger partial charge is 0.283 e. The van der Waals surface area contributed by atoms with E-state index in [1.807, 2.05) is 36.4 Å². The van der Waals surface area contributed by atoms with Crippen molar-refractivity contribution in [3.8, 4) is 0 Å². The molecular weight excluding hydrogens is 302 g/mol.